The zero-order valence-electron chi connectivity index (χ0n) is 38.1. The van der Waals surface area contributed by atoms with Crippen molar-refractivity contribution in [2.24, 2.45) is 11.8 Å². The number of anilines is 2. The molecule has 0 radical (unpaired) electrons. The van der Waals surface area contributed by atoms with Crippen LogP contribution in [0.15, 0.2) is 138 Å². The zero-order chi connectivity index (χ0) is 51.7. The van der Waals surface area contributed by atoms with E-state index in [0.29, 0.717) is 55.4 Å². The van der Waals surface area contributed by atoms with Gasteiger partial charge in [0.25, 0.3) is 31.2 Å². The van der Waals surface area contributed by atoms with Gasteiger partial charge in [-0.2, -0.15) is 26.3 Å². The number of benzene rings is 4. The first-order chi connectivity index (χ1) is 34.0. The van der Waals surface area contributed by atoms with Crippen molar-refractivity contribution >= 4 is 53.5 Å². The molecule has 16 nitrogen and oxygen atoms in total. The third-order valence-electron chi connectivity index (χ3n) is 12.5. The molecule has 4 aromatic heterocycles. The van der Waals surface area contributed by atoms with Crippen LogP contribution >= 0.6 is 0 Å². The van der Waals surface area contributed by atoms with Crippen LogP contribution in [0.4, 0.5) is 38.0 Å². The largest absolute Gasteiger partial charge is 0.495 e. The monoisotopic (exact) mass is 1040 g/mol. The van der Waals surface area contributed by atoms with E-state index in [1.165, 1.54) is 109 Å². The smallest absolute Gasteiger partial charge is 0.392 e. The first-order valence-electron chi connectivity index (χ1n) is 21.7. The molecular weight excluding hydrogens is 999 g/mol. The molecule has 2 fully saturated rings. The van der Waals surface area contributed by atoms with Gasteiger partial charge < -0.3 is 18.5 Å². The molecule has 4 heterocycles. The Morgan fingerprint density at radius 3 is 1.28 bits per heavy atom. The third kappa shape index (κ3) is 9.62. The normalized spacial score (nSPS) is 17.8. The number of hydrogen-bond donors (Lipinski definition) is 2. The van der Waals surface area contributed by atoms with Gasteiger partial charge in [-0.3, -0.25) is 28.2 Å². The zero-order valence-corrected chi connectivity index (χ0v) is 39.7. The van der Waals surface area contributed by atoms with E-state index < -0.39 is 67.2 Å². The fourth-order valence-electron chi connectivity index (χ4n) is 8.86. The Hall–Kier alpha value is -7.60. The number of fused-ring (bicyclic) bond motifs is 2. The van der Waals surface area contributed by atoms with Crippen molar-refractivity contribution in [3.8, 4) is 22.9 Å². The molecule has 376 valence electrons. The average molecular weight is 1040 g/mol. The molecule has 2 N–H and O–H groups in total. The number of aromatic nitrogens is 4. The van der Waals surface area contributed by atoms with Crippen LogP contribution < -0.4 is 30.0 Å². The Balaban J connectivity index is 0.000000178. The van der Waals surface area contributed by atoms with Crippen molar-refractivity contribution in [1.82, 2.24) is 19.4 Å². The number of sulfonamides is 2. The maximum absolute atomic E-state index is 13.2. The molecule has 0 amide bonds. The predicted molar refractivity (Wildman–Crippen MR) is 250 cm³/mol. The number of halogens is 6. The van der Waals surface area contributed by atoms with Crippen molar-refractivity contribution < 1.29 is 61.7 Å². The Kier molecular flexibility index (Phi) is 12.5. The topological polar surface area (TPSA) is 207 Å². The third-order valence-corrected chi connectivity index (χ3v) is 15.2. The van der Waals surface area contributed by atoms with Gasteiger partial charge in [-0.15, -0.1) is 0 Å². The number of pyridine rings is 2. The highest BCUT2D eigenvalue weighted by Gasteiger charge is 2.57. The van der Waals surface area contributed by atoms with Gasteiger partial charge in [0.05, 0.1) is 58.3 Å². The fourth-order valence-corrected chi connectivity index (χ4v) is 10.9. The van der Waals surface area contributed by atoms with Crippen LogP contribution in [0.5, 0.6) is 11.5 Å². The number of ether oxygens (including phenoxy) is 2. The van der Waals surface area contributed by atoms with E-state index in [4.69, 9.17) is 9.47 Å². The van der Waals surface area contributed by atoms with E-state index in [2.05, 4.69) is 28.8 Å². The Bertz CT molecular complexity index is 3500. The molecule has 10 rings (SSSR count). The maximum atomic E-state index is 13.2. The van der Waals surface area contributed by atoms with Crippen LogP contribution in [0, 0.1) is 25.7 Å². The molecule has 4 aromatic carbocycles. The lowest BCUT2D eigenvalue weighted by Crippen LogP contribution is -2.19. The first-order valence-corrected chi connectivity index (χ1v) is 24.6. The average Bonchev–Trinajstić information content (AvgIpc) is 4.20. The number of methoxy groups -OCH3 is 2. The van der Waals surface area contributed by atoms with Gasteiger partial charge in [-0.25, -0.2) is 16.8 Å². The second-order valence-corrected chi connectivity index (χ2v) is 20.5. The molecule has 72 heavy (non-hydrogen) atoms. The van der Waals surface area contributed by atoms with Crippen LogP contribution in [0.25, 0.3) is 33.2 Å². The van der Waals surface area contributed by atoms with E-state index in [9.17, 15) is 52.8 Å². The molecule has 24 heteroatoms. The summed E-state index contributed by atoms with van der Waals surface area (Å²) in [6.45, 7) is 3.39. The number of nitrogens with zero attached hydrogens (tertiary/aromatic N) is 4. The predicted octanol–water partition coefficient (Wildman–Crippen LogP) is 9.52. The van der Waals surface area contributed by atoms with Crippen molar-refractivity contribution in [2.75, 3.05) is 23.7 Å². The molecule has 0 saturated heterocycles. The second-order valence-electron chi connectivity index (χ2n) is 17.2. The number of aryl methyl sites for hydroxylation is 2. The minimum Gasteiger partial charge on any atom is -0.495 e. The summed E-state index contributed by atoms with van der Waals surface area (Å²) < 4.78 is 157. The highest BCUT2D eigenvalue weighted by molar-refractivity contribution is 7.93. The van der Waals surface area contributed by atoms with Crippen molar-refractivity contribution in [2.45, 2.75) is 60.7 Å². The van der Waals surface area contributed by atoms with E-state index in [1.54, 1.807) is 38.1 Å². The van der Waals surface area contributed by atoms with Crippen LogP contribution in [0.3, 0.4) is 0 Å². The van der Waals surface area contributed by atoms with Crippen LogP contribution in [-0.4, -0.2) is 62.9 Å². The van der Waals surface area contributed by atoms with Gasteiger partial charge in [0, 0.05) is 35.0 Å². The SMILES string of the molecule is COc1cc([C@@H]2C[C@H]2C(F)(F)F)c(C)cc1-n1c(=O)ccc2cc(S(=O)(=O)Nc3ccon3)ccc21.COc1cc([C@H]2C[C@@H]2C(F)(F)F)c(C)cc1-n1c(=O)ccc2cc(S(=O)(=O)Nc3ccon3)ccc21. The lowest BCUT2D eigenvalue weighted by Gasteiger charge is -2.18. The molecule has 0 spiro atoms. The minimum atomic E-state index is -4.27. The van der Waals surface area contributed by atoms with Gasteiger partial charge >= 0.3 is 12.4 Å². The van der Waals surface area contributed by atoms with Gasteiger partial charge in [-0.1, -0.05) is 10.3 Å². The quantitative estimate of drug-likeness (QED) is 0.110. The van der Waals surface area contributed by atoms with E-state index in [0.717, 1.165) is 0 Å². The molecular formula is C48H40F6N6O10S2. The number of nitrogens with one attached hydrogen (secondary N) is 2. The van der Waals surface area contributed by atoms with Crippen LogP contribution in [0.2, 0.25) is 0 Å². The summed E-state index contributed by atoms with van der Waals surface area (Å²) in [6.07, 6.45) is -6.05. The maximum Gasteiger partial charge on any atom is 0.392 e. The standard InChI is InChI=1S/2C24H20F3N3O5S/c2*1-13-9-20(21(34-2)12-16(13)17-11-18(17)24(25,26)27)30-19-5-4-15(10-14(19)3-6-23(30)31)36(32,33)29-22-7-8-35-28-22/h2*3-10,12,17-18H,11H2,1-2H3,(H,28,29)/t2*17-,18+/m10/s1. The highest BCUT2D eigenvalue weighted by atomic mass is 32.2. The number of hydrogen-bond acceptors (Lipinski definition) is 12. The van der Waals surface area contributed by atoms with Gasteiger partial charge in [0.2, 0.25) is 0 Å². The number of rotatable bonds is 12. The highest BCUT2D eigenvalue weighted by Crippen LogP contribution is 2.58. The number of alkyl halides is 6. The van der Waals surface area contributed by atoms with Gasteiger partial charge in [0.15, 0.2) is 11.6 Å². The second kappa shape index (κ2) is 18.2. The van der Waals surface area contributed by atoms with Crippen LogP contribution in [0.1, 0.15) is 46.9 Å². The lowest BCUT2D eigenvalue weighted by atomic mass is 10.0. The molecule has 2 aliphatic rings. The molecule has 0 bridgehead atoms. The van der Waals surface area contributed by atoms with Gasteiger partial charge in [0.1, 0.15) is 24.0 Å². The van der Waals surface area contributed by atoms with E-state index in [-0.39, 0.29) is 45.8 Å². The lowest BCUT2D eigenvalue weighted by molar-refractivity contribution is -0.149. The Labute approximate surface area is 404 Å². The van der Waals surface area contributed by atoms with Crippen molar-refractivity contribution in [3.63, 3.8) is 0 Å². The van der Waals surface area contributed by atoms with Gasteiger partial charge in [-0.05, 0) is 134 Å². The van der Waals surface area contributed by atoms with Crippen molar-refractivity contribution in [1.29, 1.82) is 0 Å². The summed E-state index contributed by atoms with van der Waals surface area (Å²) in [6, 6.07) is 23.1. The Morgan fingerprint density at radius 2 is 0.958 bits per heavy atom. The summed E-state index contributed by atoms with van der Waals surface area (Å²) in [7, 11) is -5.21. The molecule has 2 aliphatic carbocycles. The summed E-state index contributed by atoms with van der Waals surface area (Å²) in [5.74, 6) is -3.57. The van der Waals surface area contributed by atoms with Crippen molar-refractivity contribution in [3.05, 3.63) is 153 Å². The minimum absolute atomic E-state index is 0.0146. The molecule has 8 aromatic rings. The Morgan fingerprint density at radius 1 is 0.569 bits per heavy atom. The molecule has 0 aliphatic heterocycles. The summed E-state index contributed by atoms with van der Waals surface area (Å²) in [5.41, 5.74) is 2.90. The van der Waals surface area contributed by atoms with E-state index >= 15 is 0 Å². The van der Waals surface area contributed by atoms with Crippen LogP contribution in [-0.2, 0) is 20.0 Å². The first kappa shape index (κ1) is 49.4. The van der Waals surface area contributed by atoms with E-state index in [1.807, 2.05) is 0 Å². The fraction of sp³-hybridized carbons (Fsp3) is 0.250. The molecule has 0 unspecified atom stereocenters. The summed E-state index contributed by atoms with van der Waals surface area (Å²) in [5, 5.41) is 7.96. The molecule has 4 atom stereocenters. The summed E-state index contributed by atoms with van der Waals surface area (Å²) >= 11 is 0. The summed E-state index contributed by atoms with van der Waals surface area (Å²) in [4.78, 5) is 25.7. The molecule has 2 saturated carbocycles.